The number of carbonyl (C=O) groups is 9. The molecule has 1 aromatic carbocycles. The molecule has 312 valence electrons. The molecule has 0 aliphatic rings. The minimum absolute atomic E-state index is 0.0434. The number of thioether (sulfide) groups is 1. The van der Waals surface area contributed by atoms with Crippen LogP contribution in [0.25, 0.3) is 0 Å². The predicted octanol–water partition coefficient (Wildman–Crippen LogP) is -1.13. The molecule has 56 heavy (non-hydrogen) atoms. The molecule has 0 fully saturated rings. The van der Waals surface area contributed by atoms with Gasteiger partial charge in [-0.2, -0.15) is 11.8 Å². The first kappa shape index (κ1) is 48.8. The molecule has 11 N–H and O–H groups in total. The number of carboxylic acid groups (broad SMARTS) is 2. The van der Waals surface area contributed by atoms with Crippen molar-refractivity contribution in [1.29, 1.82) is 0 Å². The third-order valence-corrected chi connectivity index (χ3v) is 9.17. The first-order chi connectivity index (χ1) is 26.3. The predicted molar refractivity (Wildman–Crippen MR) is 205 cm³/mol. The van der Waals surface area contributed by atoms with E-state index in [1.165, 1.54) is 11.8 Å². The summed E-state index contributed by atoms with van der Waals surface area (Å²) < 4.78 is 0. The van der Waals surface area contributed by atoms with Crippen molar-refractivity contribution >= 4 is 65.1 Å². The van der Waals surface area contributed by atoms with Crippen molar-refractivity contribution in [2.45, 2.75) is 102 Å². The molecule has 0 aliphatic carbocycles. The van der Waals surface area contributed by atoms with E-state index in [1.54, 1.807) is 64.3 Å². The van der Waals surface area contributed by atoms with Crippen LogP contribution in [0.3, 0.4) is 0 Å². The number of primary amides is 1. The molecule has 19 nitrogen and oxygen atoms in total. The van der Waals surface area contributed by atoms with Gasteiger partial charge in [0.25, 0.3) is 5.91 Å². The van der Waals surface area contributed by atoms with Crippen LogP contribution in [-0.4, -0.2) is 123 Å². The average molecular weight is 810 g/mol. The molecule has 1 rings (SSSR count). The maximum atomic E-state index is 13.6. The molecule has 7 atom stereocenters. The third-order valence-electron chi connectivity index (χ3n) is 8.52. The second-order valence-electron chi connectivity index (χ2n) is 13.5. The van der Waals surface area contributed by atoms with Gasteiger partial charge in [-0.3, -0.25) is 38.4 Å². The molecule has 7 amide bonds. The smallest absolute Gasteiger partial charge is 0.328 e. The van der Waals surface area contributed by atoms with Gasteiger partial charge in [-0.05, 0) is 55.2 Å². The van der Waals surface area contributed by atoms with Crippen LogP contribution in [0.1, 0.15) is 76.6 Å². The Kier molecular flexibility index (Phi) is 21.8. The monoisotopic (exact) mass is 809 g/mol. The molecule has 0 bridgehead atoms. The lowest BCUT2D eigenvalue weighted by atomic mass is 9.97. The van der Waals surface area contributed by atoms with Crippen molar-refractivity contribution in [3.8, 4) is 0 Å². The molecule has 20 heteroatoms. The van der Waals surface area contributed by atoms with Crippen LogP contribution >= 0.6 is 11.8 Å². The molecule has 0 aliphatic heterocycles. The molecule has 0 unspecified atom stereocenters. The van der Waals surface area contributed by atoms with E-state index in [4.69, 9.17) is 5.73 Å². The second kappa shape index (κ2) is 25.0. The topological polar surface area (TPSA) is 313 Å². The van der Waals surface area contributed by atoms with Crippen LogP contribution < -0.4 is 37.6 Å². The Hall–Kier alpha value is -5.24. The highest BCUT2D eigenvalue weighted by atomic mass is 32.2. The Bertz CT molecular complexity index is 1530. The summed E-state index contributed by atoms with van der Waals surface area (Å²) in [5, 5.41) is 42.7. The molecule has 1 aromatic rings. The fraction of sp³-hybridized carbons (Fsp3) is 0.583. The number of aliphatic carboxylic acids is 2. The van der Waals surface area contributed by atoms with Gasteiger partial charge in [0.1, 0.15) is 36.3 Å². The summed E-state index contributed by atoms with van der Waals surface area (Å²) in [6, 6.07) is -0.719. The zero-order valence-electron chi connectivity index (χ0n) is 32.2. The number of hydrogen-bond donors (Lipinski definition) is 10. The van der Waals surface area contributed by atoms with Crippen molar-refractivity contribution in [3.05, 3.63) is 35.9 Å². The highest BCUT2D eigenvalue weighted by Gasteiger charge is 2.35. The number of rotatable bonds is 26. The van der Waals surface area contributed by atoms with Crippen LogP contribution in [0.15, 0.2) is 30.3 Å². The molecular formula is C36H55N7O12S. The van der Waals surface area contributed by atoms with E-state index >= 15 is 0 Å². The fourth-order valence-corrected chi connectivity index (χ4v) is 5.67. The second-order valence-corrected chi connectivity index (χ2v) is 14.5. The highest BCUT2D eigenvalue weighted by Crippen LogP contribution is 2.12. The quantitative estimate of drug-likeness (QED) is 0.0531. The summed E-state index contributed by atoms with van der Waals surface area (Å²) in [6.07, 6.45) is 0.518. The van der Waals surface area contributed by atoms with Crippen LogP contribution in [-0.2, 0) is 38.4 Å². The van der Waals surface area contributed by atoms with Gasteiger partial charge in [0.2, 0.25) is 35.4 Å². The SMILES string of the molecule is CC[C@H](C)[C@H](NC(=O)[C@H](CC(=O)O)NC(=O)[C@H](CCC(N)=O)NC(=O)[C@H](CC(C)C)NC(=O)c1ccccc1)C(=O)N[C@@H](CCSC)C(=O)N[C@@H](CO)C(=O)O. The van der Waals surface area contributed by atoms with Gasteiger partial charge in [0, 0.05) is 12.0 Å². The maximum Gasteiger partial charge on any atom is 0.328 e. The Morgan fingerprint density at radius 2 is 1.21 bits per heavy atom. The summed E-state index contributed by atoms with van der Waals surface area (Å²) in [6.45, 7) is 5.99. The molecular weight excluding hydrogens is 755 g/mol. The van der Waals surface area contributed by atoms with E-state index in [2.05, 4.69) is 31.9 Å². The normalized spacial score (nSPS) is 14.7. The van der Waals surface area contributed by atoms with E-state index in [-0.39, 0.29) is 30.7 Å². The number of carbonyl (C=O) groups excluding carboxylic acids is 7. The number of carboxylic acids is 2. The van der Waals surface area contributed by atoms with Crippen molar-refractivity contribution in [2.24, 2.45) is 17.6 Å². The Morgan fingerprint density at radius 1 is 0.696 bits per heavy atom. The molecule has 0 radical (unpaired) electrons. The van der Waals surface area contributed by atoms with Gasteiger partial charge in [-0.25, -0.2) is 4.79 Å². The molecule has 0 saturated heterocycles. The maximum absolute atomic E-state index is 13.6. The number of nitrogens with two attached hydrogens (primary N) is 1. The van der Waals surface area contributed by atoms with Crippen LogP contribution in [0, 0.1) is 11.8 Å². The summed E-state index contributed by atoms with van der Waals surface area (Å²) in [5.41, 5.74) is 5.58. The molecule has 0 saturated carbocycles. The van der Waals surface area contributed by atoms with E-state index < -0.39 is 115 Å². The van der Waals surface area contributed by atoms with Gasteiger partial charge in [0.05, 0.1) is 13.0 Å². The molecule has 0 aromatic heterocycles. The van der Waals surface area contributed by atoms with Gasteiger partial charge >= 0.3 is 11.9 Å². The number of amides is 7. The standard InChI is InChI=1S/C36H55N7O12S/c1-6-20(4)29(35(53)39-23(14-15-56-5)32(50)42-26(18-44)36(54)55)43-34(52)25(17-28(46)47)41-31(49)22(12-13-27(37)45)38-33(51)24(16-19(2)3)40-30(48)21-10-8-7-9-11-21/h7-11,19-20,22-26,29,44H,6,12-18H2,1-5H3,(H2,37,45)(H,38,51)(H,39,53)(H,40,48)(H,41,49)(H,42,50)(H,43,52)(H,46,47)(H,54,55)/t20-,22-,23-,24-,25-,26-,29-/m0/s1. The largest absolute Gasteiger partial charge is 0.481 e. The fourth-order valence-electron chi connectivity index (χ4n) is 5.20. The number of aliphatic hydroxyl groups is 1. The lowest BCUT2D eigenvalue weighted by Gasteiger charge is -2.29. The summed E-state index contributed by atoms with van der Waals surface area (Å²) in [7, 11) is 0. The third kappa shape index (κ3) is 17.5. The lowest BCUT2D eigenvalue weighted by Crippen LogP contribution is -2.61. The summed E-state index contributed by atoms with van der Waals surface area (Å²) in [4.78, 5) is 115. The molecule has 0 spiro atoms. The first-order valence-electron chi connectivity index (χ1n) is 18.0. The number of benzene rings is 1. The number of aliphatic hydroxyl groups excluding tert-OH is 1. The van der Waals surface area contributed by atoms with Crippen LogP contribution in [0.5, 0.6) is 0 Å². The van der Waals surface area contributed by atoms with Crippen molar-refractivity contribution in [1.82, 2.24) is 31.9 Å². The minimum atomic E-state index is -1.81. The van der Waals surface area contributed by atoms with Crippen molar-refractivity contribution in [3.63, 3.8) is 0 Å². The number of hydrogen-bond acceptors (Lipinski definition) is 11. The minimum Gasteiger partial charge on any atom is -0.481 e. The van der Waals surface area contributed by atoms with E-state index in [9.17, 15) is 58.5 Å². The molecule has 0 heterocycles. The van der Waals surface area contributed by atoms with E-state index in [0.29, 0.717) is 12.2 Å². The van der Waals surface area contributed by atoms with Gasteiger partial charge in [-0.15, -0.1) is 0 Å². The van der Waals surface area contributed by atoms with E-state index in [1.807, 2.05) is 0 Å². The zero-order valence-corrected chi connectivity index (χ0v) is 33.0. The Balaban J connectivity index is 3.34. The van der Waals surface area contributed by atoms with Gasteiger partial charge in [0.15, 0.2) is 0 Å². The van der Waals surface area contributed by atoms with Crippen molar-refractivity contribution < 1.29 is 58.5 Å². The van der Waals surface area contributed by atoms with Crippen molar-refractivity contribution in [2.75, 3.05) is 18.6 Å². The first-order valence-corrected chi connectivity index (χ1v) is 19.4. The average Bonchev–Trinajstić information content (AvgIpc) is 3.14. The van der Waals surface area contributed by atoms with Gasteiger partial charge < -0.3 is 53.0 Å². The van der Waals surface area contributed by atoms with Crippen LogP contribution in [0.2, 0.25) is 0 Å². The highest BCUT2D eigenvalue weighted by molar-refractivity contribution is 7.98. The zero-order chi connectivity index (χ0) is 42.5. The summed E-state index contributed by atoms with van der Waals surface area (Å²) in [5.74, 6) is -9.50. The van der Waals surface area contributed by atoms with Gasteiger partial charge in [-0.1, -0.05) is 52.3 Å². The lowest BCUT2D eigenvalue weighted by molar-refractivity contribution is -0.143. The number of nitrogens with one attached hydrogen (secondary N) is 6. The Morgan fingerprint density at radius 3 is 1.71 bits per heavy atom. The van der Waals surface area contributed by atoms with E-state index in [0.717, 1.165) is 0 Å². The van der Waals surface area contributed by atoms with Crippen LogP contribution in [0.4, 0.5) is 0 Å². The Labute approximate surface area is 329 Å². The summed E-state index contributed by atoms with van der Waals surface area (Å²) >= 11 is 1.33.